The fourth-order valence-electron chi connectivity index (χ4n) is 1.28. The number of aromatic amines is 2. The third-order valence-electron chi connectivity index (χ3n) is 1.95. The number of hydrogen-bond acceptors (Lipinski definition) is 3. The van der Waals surface area contributed by atoms with E-state index in [4.69, 9.17) is 0 Å². The molecule has 2 aromatic rings. The molecule has 0 radical (unpaired) electrons. The molecule has 0 unspecified atom stereocenters. The molecule has 6 heteroatoms. The predicted octanol–water partition coefficient (Wildman–Crippen LogP) is -0.334. The number of aldehydes is 1. The van der Waals surface area contributed by atoms with Gasteiger partial charge in [0.15, 0.2) is 0 Å². The van der Waals surface area contributed by atoms with Crippen molar-refractivity contribution < 1.29 is 4.79 Å². The SMILES string of the molecule is O=Cc1cccc(-n2c(=O)[nH][nH]c2=O)c1. The number of carbonyl (C=O) groups excluding carboxylic acids is 1. The smallest absolute Gasteiger partial charge is 0.298 e. The van der Waals surface area contributed by atoms with Gasteiger partial charge in [0.2, 0.25) is 0 Å². The van der Waals surface area contributed by atoms with Crippen molar-refractivity contribution in [2.45, 2.75) is 0 Å². The van der Waals surface area contributed by atoms with E-state index in [1.165, 1.54) is 6.07 Å². The van der Waals surface area contributed by atoms with Gasteiger partial charge in [0, 0.05) is 5.56 Å². The van der Waals surface area contributed by atoms with E-state index in [1.54, 1.807) is 18.2 Å². The van der Waals surface area contributed by atoms with Crippen molar-refractivity contribution in [1.29, 1.82) is 0 Å². The molecule has 2 N–H and O–H groups in total. The van der Waals surface area contributed by atoms with Crippen LogP contribution in [0.15, 0.2) is 33.9 Å². The average molecular weight is 205 g/mol. The molecule has 0 aliphatic heterocycles. The van der Waals surface area contributed by atoms with Gasteiger partial charge in [-0.1, -0.05) is 12.1 Å². The Hall–Kier alpha value is -2.37. The summed E-state index contributed by atoms with van der Waals surface area (Å²) in [4.78, 5) is 33.0. The highest BCUT2D eigenvalue weighted by Gasteiger charge is 2.05. The van der Waals surface area contributed by atoms with Gasteiger partial charge in [-0.3, -0.25) is 4.79 Å². The molecular weight excluding hydrogens is 198 g/mol. The lowest BCUT2D eigenvalue weighted by atomic mass is 10.2. The average Bonchev–Trinajstić information content (AvgIpc) is 2.59. The van der Waals surface area contributed by atoms with Gasteiger partial charge in [-0.15, -0.1) is 0 Å². The van der Waals surface area contributed by atoms with Crippen molar-refractivity contribution in [3.8, 4) is 5.69 Å². The summed E-state index contributed by atoms with van der Waals surface area (Å²) in [5.41, 5.74) is -0.377. The largest absolute Gasteiger partial charge is 0.348 e. The molecule has 0 aliphatic rings. The second kappa shape index (κ2) is 3.41. The van der Waals surface area contributed by atoms with Crippen LogP contribution in [0.25, 0.3) is 5.69 Å². The number of H-pyrrole nitrogens is 2. The summed E-state index contributed by atoms with van der Waals surface area (Å²) in [7, 11) is 0. The van der Waals surface area contributed by atoms with Crippen LogP contribution in [-0.2, 0) is 0 Å². The molecule has 6 nitrogen and oxygen atoms in total. The highest BCUT2D eigenvalue weighted by molar-refractivity contribution is 5.75. The Bertz CT molecular complexity index is 578. The van der Waals surface area contributed by atoms with Gasteiger partial charge in [0.1, 0.15) is 6.29 Å². The van der Waals surface area contributed by atoms with Gasteiger partial charge in [0.25, 0.3) is 0 Å². The number of aromatic nitrogens is 3. The van der Waals surface area contributed by atoms with Gasteiger partial charge in [-0.05, 0) is 12.1 Å². The first kappa shape index (κ1) is 9.20. The van der Waals surface area contributed by atoms with Gasteiger partial charge in [-0.25, -0.2) is 24.4 Å². The van der Waals surface area contributed by atoms with Crippen molar-refractivity contribution in [3.05, 3.63) is 50.8 Å². The number of rotatable bonds is 2. The summed E-state index contributed by atoms with van der Waals surface area (Å²) < 4.78 is 0.910. The molecule has 0 amide bonds. The zero-order valence-corrected chi connectivity index (χ0v) is 7.56. The van der Waals surface area contributed by atoms with E-state index in [0.29, 0.717) is 17.5 Å². The van der Waals surface area contributed by atoms with Crippen LogP contribution in [-0.4, -0.2) is 21.1 Å². The van der Waals surface area contributed by atoms with Crippen LogP contribution in [0, 0.1) is 0 Å². The standard InChI is InChI=1S/C9H7N3O3/c13-5-6-2-1-3-7(4-6)12-8(14)10-11-9(12)15/h1-5H,(H,10,14)(H,11,15). The minimum Gasteiger partial charge on any atom is -0.298 e. The maximum absolute atomic E-state index is 11.2. The molecule has 76 valence electrons. The monoisotopic (exact) mass is 205 g/mol. The van der Waals surface area contributed by atoms with Crippen LogP contribution >= 0.6 is 0 Å². The van der Waals surface area contributed by atoms with Crippen molar-refractivity contribution in [2.24, 2.45) is 0 Å². The summed E-state index contributed by atoms with van der Waals surface area (Å²) in [6, 6.07) is 6.20. The number of benzene rings is 1. The van der Waals surface area contributed by atoms with Crippen LogP contribution in [0.4, 0.5) is 0 Å². The van der Waals surface area contributed by atoms with E-state index in [-0.39, 0.29) is 0 Å². The first-order valence-corrected chi connectivity index (χ1v) is 4.17. The molecule has 0 saturated carbocycles. The molecule has 0 spiro atoms. The number of carbonyl (C=O) groups is 1. The summed E-state index contributed by atoms with van der Waals surface area (Å²) in [5.74, 6) is 0. The van der Waals surface area contributed by atoms with E-state index >= 15 is 0 Å². The molecule has 1 heterocycles. The Labute approximate surface area is 83.2 Å². The van der Waals surface area contributed by atoms with E-state index in [0.717, 1.165) is 4.57 Å². The van der Waals surface area contributed by atoms with Crippen molar-refractivity contribution in [2.75, 3.05) is 0 Å². The second-order valence-electron chi connectivity index (χ2n) is 2.91. The summed E-state index contributed by atoms with van der Waals surface area (Å²) in [6.07, 6.45) is 0.648. The zero-order chi connectivity index (χ0) is 10.8. The molecule has 1 aromatic carbocycles. The topological polar surface area (TPSA) is 87.7 Å². The lowest BCUT2D eigenvalue weighted by Crippen LogP contribution is -2.24. The Kier molecular flexibility index (Phi) is 2.09. The van der Waals surface area contributed by atoms with Gasteiger partial charge in [0.05, 0.1) is 5.69 Å². The Morgan fingerprint density at radius 1 is 1.13 bits per heavy atom. The maximum Gasteiger partial charge on any atom is 0.348 e. The third kappa shape index (κ3) is 1.52. The first-order valence-electron chi connectivity index (χ1n) is 4.17. The Balaban J connectivity index is 2.69. The lowest BCUT2D eigenvalue weighted by Gasteiger charge is -1.98. The molecule has 0 aliphatic carbocycles. The van der Waals surface area contributed by atoms with Crippen LogP contribution in [0.1, 0.15) is 10.4 Å². The molecule has 0 bridgehead atoms. The van der Waals surface area contributed by atoms with E-state index < -0.39 is 11.4 Å². The Morgan fingerprint density at radius 2 is 1.80 bits per heavy atom. The number of nitrogens with one attached hydrogen (secondary N) is 2. The van der Waals surface area contributed by atoms with E-state index in [9.17, 15) is 14.4 Å². The highest BCUT2D eigenvalue weighted by Crippen LogP contribution is 2.04. The predicted molar refractivity (Wildman–Crippen MR) is 52.4 cm³/mol. The van der Waals surface area contributed by atoms with Crippen LogP contribution < -0.4 is 11.4 Å². The molecule has 0 saturated heterocycles. The van der Waals surface area contributed by atoms with Crippen molar-refractivity contribution in [3.63, 3.8) is 0 Å². The summed E-state index contributed by atoms with van der Waals surface area (Å²) >= 11 is 0. The second-order valence-corrected chi connectivity index (χ2v) is 2.91. The van der Waals surface area contributed by atoms with Crippen LogP contribution in [0.5, 0.6) is 0 Å². The molecule has 0 atom stereocenters. The summed E-state index contributed by atoms with van der Waals surface area (Å²) in [6.45, 7) is 0. The zero-order valence-electron chi connectivity index (χ0n) is 7.56. The third-order valence-corrected chi connectivity index (χ3v) is 1.95. The van der Waals surface area contributed by atoms with E-state index in [2.05, 4.69) is 10.2 Å². The van der Waals surface area contributed by atoms with Crippen molar-refractivity contribution in [1.82, 2.24) is 14.8 Å². The van der Waals surface area contributed by atoms with Crippen molar-refractivity contribution >= 4 is 6.29 Å². The molecule has 15 heavy (non-hydrogen) atoms. The molecule has 2 rings (SSSR count). The molecular formula is C9H7N3O3. The normalized spacial score (nSPS) is 10.1. The minimum absolute atomic E-state index is 0.354. The minimum atomic E-state index is -0.567. The van der Waals surface area contributed by atoms with Gasteiger partial charge < -0.3 is 0 Å². The van der Waals surface area contributed by atoms with E-state index in [1.807, 2.05) is 0 Å². The number of nitrogens with zero attached hydrogens (tertiary/aromatic N) is 1. The Morgan fingerprint density at radius 3 is 2.40 bits per heavy atom. The highest BCUT2D eigenvalue weighted by atomic mass is 16.2. The van der Waals surface area contributed by atoms with Crippen LogP contribution in [0.3, 0.4) is 0 Å². The molecule has 0 fully saturated rings. The van der Waals surface area contributed by atoms with Gasteiger partial charge >= 0.3 is 11.4 Å². The van der Waals surface area contributed by atoms with Crippen LogP contribution in [0.2, 0.25) is 0 Å². The summed E-state index contributed by atoms with van der Waals surface area (Å²) in [5, 5.41) is 4.31. The lowest BCUT2D eigenvalue weighted by molar-refractivity contribution is 0.112. The first-order chi connectivity index (χ1) is 7.22. The number of hydrogen-bond donors (Lipinski definition) is 2. The maximum atomic E-state index is 11.2. The quantitative estimate of drug-likeness (QED) is 0.658. The fraction of sp³-hybridized carbons (Fsp3) is 0. The molecule has 1 aromatic heterocycles. The van der Waals surface area contributed by atoms with Gasteiger partial charge in [-0.2, -0.15) is 0 Å². The fourth-order valence-corrected chi connectivity index (χ4v) is 1.28.